The van der Waals surface area contributed by atoms with E-state index in [1.165, 1.54) is 11.1 Å². The lowest BCUT2D eigenvalue weighted by molar-refractivity contribution is 0.193. The maximum absolute atomic E-state index is 11.9. The van der Waals surface area contributed by atoms with E-state index in [1.807, 2.05) is 11.8 Å². The Kier molecular flexibility index (Phi) is 7.43. The minimum Gasteiger partial charge on any atom is -0.341 e. The summed E-state index contributed by atoms with van der Waals surface area (Å²) in [7, 11) is 1.70. The summed E-state index contributed by atoms with van der Waals surface area (Å²) in [5.41, 5.74) is 2.88. The molecular formula is C19H32N2O. The summed E-state index contributed by atoms with van der Waals surface area (Å²) in [4.78, 5) is 13.8. The van der Waals surface area contributed by atoms with Crippen LogP contribution in [-0.2, 0) is 5.41 Å². The first-order valence-electron chi connectivity index (χ1n) is 8.56. The predicted octanol–water partition coefficient (Wildman–Crippen LogP) is 4.49. The van der Waals surface area contributed by atoms with E-state index >= 15 is 0 Å². The molecule has 1 unspecified atom stereocenters. The van der Waals surface area contributed by atoms with Gasteiger partial charge in [-0.05, 0) is 44.1 Å². The van der Waals surface area contributed by atoms with Crippen LogP contribution in [0.25, 0.3) is 0 Å². The number of nitrogens with zero attached hydrogens (tertiary/aromatic N) is 1. The molecule has 1 aromatic carbocycles. The molecule has 0 aliphatic carbocycles. The number of hydrogen-bond acceptors (Lipinski definition) is 1. The van der Waals surface area contributed by atoms with Gasteiger partial charge in [0.25, 0.3) is 0 Å². The number of nitrogens with one attached hydrogen (secondary N) is 1. The number of aryl methyl sites for hydroxylation is 1. The van der Waals surface area contributed by atoms with Gasteiger partial charge >= 0.3 is 6.03 Å². The minimum atomic E-state index is 0.0212. The van der Waals surface area contributed by atoms with Gasteiger partial charge in [0.1, 0.15) is 0 Å². The molecule has 0 bridgehead atoms. The van der Waals surface area contributed by atoms with Crippen molar-refractivity contribution in [2.24, 2.45) is 0 Å². The highest BCUT2D eigenvalue weighted by atomic mass is 16.2. The largest absolute Gasteiger partial charge is 0.341 e. The fraction of sp³-hybridized carbons (Fsp3) is 0.632. The molecule has 124 valence electrons. The van der Waals surface area contributed by atoms with Gasteiger partial charge in [-0.15, -0.1) is 0 Å². The molecule has 0 fully saturated rings. The van der Waals surface area contributed by atoms with E-state index < -0.39 is 0 Å². The van der Waals surface area contributed by atoms with Crippen molar-refractivity contribution in [3.05, 3.63) is 35.4 Å². The molecule has 3 nitrogen and oxygen atoms in total. The maximum Gasteiger partial charge on any atom is 0.317 e. The van der Waals surface area contributed by atoms with Gasteiger partial charge in [0.15, 0.2) is 0 Å². The Balaban J connectivity index is 2.96. The van der Waals surface area contributed by atoms with Crippen molar-refractivity contribution in [1.82, 2.24) is 10.2 Å². The van der Waals surface area contributed by atoms with Crippen LogP contribution in [0.2, 0.25) is 0 Å². The smallest absolute Gasteiger partial charge is 0.317 e. The Labute approximate surface area is 136 Å². The fourth-order valence-electron chi connectivity index (χ4n) is 3.27. The molecule has 3 heteroatoms. The van der Waals surface area contributed by atoms with Crippen LogP contribution in [0.1, 0.15) is 57.6 Å². The summed E-state index contributed by atoms with van der Waals surface area (Å²) in [5.74, 6) is 0. The summed E-state index contributed by atoms with van der Waals surface area (Å²) in [6.07, 6.45) is 4.45. The van der Waals surface area contributed by atoms with Gasteiger partial charge in [0.2, 0.25) is 0 Å². The van der Waals surface area contributed by atoms with Crippen molar-refractivity contribution in [2.45, 2.75) is 58.8 Å². The first-order valence-corrected chi connectivity index (χ1v) is 8.56. The second kappa shape index (κ2) is 8.82. The Morgan fingerprint density at radius 3 is 2.23 bits per heavy atom. The first kappa shape index (κ1) is 18.5. The molecule has 0 heterocycles. The van der Waals surface area contributed by atoms with Crippen LogP contribution < -0.4 is 5.32 Å². The highest BCUT2D eigenvalue weighted by Crippen LogP contribution is 2.36. The molecule has 0 saturated heterocycles. The van der Waals surface area contributed by atoms with Crippen LogP contribution in [0.4, 0.5) is 4.79 Å². The van der Waals surface area contributed by atoms with Crippen molar-refractivity contribution in [2.75, 3.05) is 20.1 Å². The van der Waals surface area contributed by atoms with E-state index in [2.05, 4.69) is 50.4 Å². The van der Waals surface area contributed by atoms with Crippen molar-refractivity contribution < 1.29 is 4.79 Å². The quantitative estimate of drug-likeness (QED) is 0.754. The van der Waals surface area contributed by atoms with E-state index in [-0.39, 0.29) is 11.4 Å². The average molecular weight is 304 g/mol. The molecule has 0 saturated carbocycles. The van der Waals surface area contributed by atoms with Gasteiger partial charge in [-0.25, -0.2) is 4.79 Å². The van der Waals surface area contributed by atoms with Crippen LogP contribution in [0.5, 0.6) is 0 Å². The molecule has 0 aliphatic rings. The molecule has 0 aliphatic heterocycles. The van der Waals surface area contributed by atoms with E-state index in [9.17, 15) is 4.79 Å². The summed E-state index contributed by atoms with van der Waals surface area (Å²) in [6.45, 7) is 10.2. The van der Waals surface area contributed by atoms with Gasteiger partial charge < -0.3 is 10.2 Å². The van der Waals surface area contributed by atoms with Crippen LogP contribution in [-0.4, -0.2) is 31.1 Å². The highest BCUT2D eigenvalue weighted by Gasteiger charge is 2.30. The molecule has 2 amide bonds. The lowest BCUT2D eigenvalue weighted by atomic mass is 9.72. The molecule has 1 N–H and O–H groups in total. The molecule has 1 aromatic rings. The van der Waals surface area contributed by atoms with Crippen molar-refractivity contribution in [3.8, 4) is 0 Å². The van der Waals surface area contributed by atoms with Crippen LogP contribution in [0, 0.1) is 6.92 Å². The molecule has 0 aromatic heterocycles. The van der Waals surface area contributed by atoms with Crippen molar-refractivity contribution in [3.63, 3.8) is 0 Å². The van der Waals surface area contributed by atoms with Gasteiger partial charge in [-0.3, -0.25) is 0 Å². The Hall–Kier alpha value is -1.51. The van der Waals surface area contributed by atoms with Crippen LogP contribution in [0.3, 0.4) is 0 Å². The zero-order chi connectivity index (χ0) is 16.6. The number of hydrogen-bond donors (Lipinski definition) is 1. The number of amides is 2. The average Bonchev–Trinajstić information content (AvgIpc) is 2.54. The second-order valence-electron chi connectivity index (χ2n) is 6.13. The Morgan fingerprint density at radius 2 is 1.77 bits per heavy atom. The topological polar surface area (TPSA) is 32.3 Å². The van der Waals surface area contributed by atoms with Crippen molar-refractivity contribution in [1.29, 1.82) is 0 Å². The SMILES string of the molecule is CCCC(CC)(CCN(CC)C(=O)NC)c1ccc(C)cc1. The van der Waals surface area contributed by atoms with E-state index in [4.69, 9.17) is 0 Å². The standard InChI is InChI=1S/C19H32N2O/c1-6-13-19(7-2,17-11-9-16(4)10-12-17)14-15-21(8-3)18(22)20-5/h9-12H,6-8,13-15H2,1-5H3,(H,20,22). The van der Waals surface area contributed by atoms with Gasteiger partial charge in [0.05, 0.1) is 0 Å². The molecular weight excluding hydrogens is 272 g/mol. The fourth-order valence-corrected chi connectivity index (χ4v) is 3.27. The first-order chi connectivity index (χ1) is 10.5. The van der Waals surface area contributed by atoms with E-state index in [0.29, 0.717) is 0 Å². The predicted molar refractivity (Wildman–Crippen MR) is 94.4 cm³/mol. The van der Waals surface area contributed by atoms with Gasteiger partial charge in [-0.2, -0.15) is 0 Å². The Morgan fingerprint density at radius 1 is 1.14 bits per heavy atom. The molecule has 1 atom stereocenters. The molecule has 0 spiro atoms. The van der Waals surface area contributed by atoms with E-state index in [0.717, 1.165) is 38.8 Å². The number of rotatable bonds is 8. The number of carbonyl (C=O) groups excluding carboxylic acids is 1. The number of carbonyl (C=O) groups is 1. The summed E-state index contributed by atoms with van der Waals surface area (Å²) in [6, 6.07) is 8.96. The normalized spacial score (nSPS) is 13.5. The summed E-state index contributed by atoms with van der Waals surface area (Å²) >= 11 is 0. The summed E-state index contributed by atoms with van der Waals surface area (Å²) in [5, 5.41) is 2.74. The zero-order valence-electron chi connectivity index (χ0n) is 14.9. The third-order valence-electron chi connectivity index (χ3n) is 4.81. The summed E-state index contributed by atoms with van der Waals surface area (Å²) < 4.78 is 0. The minimum absolute atomic E-state index is 0.0212. The third kappa shape index (κ3) is 4.49. The van der Waals surface area contributed by atoms with E-state index in [1.54, 1.807) is 7.05 Å². The third-order valence-corrected chi connectivity index (χ3v) is 4.81. The second-order valence-corrected chi connectivity index (χ2v) is 6.13. The monoisotopic (exact) mass is 304 g/mol. The molecule has 22 heavy (non-hydrogen) atoms. The number of benzene rings is 1. The van der Waals surface area contributed by atoms with Crippen molar-refractivity contribution >= 4 is 6.03 Å². The maximum atomic E-state index is 11.9. The van der Waals surface area contributed by atoms with Gasteiger partial charge in [-0.1, -0.05) is 50.1 Å². The molecule has 0 radical (unpaired) electrons. The number of urea groups is 1. The molecule has 1 rings (SSSR count). The van der Waals surface area contributed by atoms with Crippen LogP contribution >= 0.6 is 0 Å². The lowest BCUT2D eigenvalue weighted by Gasteiger charge is -2.35. The van der Waals surface area contributed by atoms with Gasteiger partial charge in [0, 0.05) is 20.1 Å². The Bertz CT molecular complexity index is 455. The lowest BCUT2D eigenvalue weighted by Crippen LogP contribution is -2.41. The highest BCUT2D eigenvalue weighted by molar-refractivity contribution is 5.73. The van der Waals surface area contributed by atoms with Crippen LogP contribution in [0.15, 0.2) is 24.3 Å². The zero-order valence-corrected chi connectivity index (χ0v) is 14.9.